The van der Waals surface area contributed by atoms with Crippen molar-refractivity contribution in [2.75, 3.05) is 31.1 Å². The summed E-state index contributed by atoms with van der Waals surface area (Å²) in [5.74, 6) is -3.01. The zero-order valence-corrected chi connectivity index (χ0v) is 20.1. The molecule has 0 spiro atoms. The Morgan fingerprint density at radius 3 is 2.39 bits per heavy atom. The second kappa shape index (κ2) is 8.99. The van der Waals surface area contributed by atoms with Crippen molar-refractivity contribution in [1.82, 2.24) is 9.29 Å². The molecule has 0 radical (unpaired) electrons. The van der Waals surface area contributed by atoms with Crippen LogP contribution in [0.3, 0.4) is 0 Å². The van der Waals surface area contributed by atoms with Crippen molar-refractivity contribution in [2.24, 2.45) is 0 Å². The monoisotopic (exact) mass is 537 g/mol. The molecule has 0 unspecified atom stereocenters. The van der Waals surface area contributed by atoms with Crippen LogP contribution in [0.4, 0.5) is 18.9 Å². The summed E-state index contributed by atoms with van der Waals surface area (Å²) in [6.45, 7) is 2.10. The summed E-state index contributed by atoms with van der Waals surface area (Å²) in [7, 11) is -4.30. The lowest BCUT2D eigenvalue weighted by atomic mass is 10.1. The molecule has 4 aromatic rings. The van der Waals surface area contributed by atoms with Gasteiger partial charge in [0.25, 0.3) is 10.0 Å². The van der Waals surface area contributed by atoms with Gasteiger partial charge in [0.15, 0.2) is 5.75 Å². The van der Waals surface area contributed by atoms with E-state index in [0.717, 1.165) is 15.6 Å². The van der Waals surface area contributed by atoms with E-state index < -0.39 is 27.9 Å². The molecule has 12 heteroatoms. The lowest BCUT2D eigenvalue weighted by molar-refractivity contribution is -0.189. The number of hydrogen-bond acceptors (Lipinski definition) is 6. The van der Waals surface area contributed by atoms with E-state index in [1.54, 1.807) is 18.2 Å². The number of esters is 1. The summed E-state index contributed by atoms with van der Waals surface area (Å²) in [4.78, 5) is 13.5. The highest BCUT2D eigenvalue weighted by Crippen LogP contribution is 2.43. The van der Waals surface area contributed by atoms with Gasteiger partial charge in [0.05, 0.1) is 32.7 Å². The van der Waals surface area contributed by atoms with Crippen LogP contribution in [0.25, 0.3) is 21.7 Å². The number of nitrogens with zero attached hydrogens (tertiary/aromatic N) is 2. The summed E-state index contributed by atoms with van der Waals surface area (Å²) in [6.07, 6.45) is -4.39. The van der Waals surface area contributed by atoms with Crippen LogP contribution in [0.5, 0.6) is 5.75 Å². The topological polar surface area (TPSA) is 80.6 Å². The number of halogens is 4. The van der Waals surface area contributed by atoms with Crippen molar-refractivity contribution in [3.05, 3.63) is 65.8 Å². The number of benzene rings is 3. The number of fused-ring (bicyclic) bond motifs is 2. The van der Waals surface area contributed by atoms with Gasteiger partial charge in [0.2, 0.25) is 0 Å². The summed E-state index contributed by atoms with van der Waals surface area (Å²) in [5, 5.41) is 4.85. The van der Waals surface area contributed by atoms with Crippen LogP contribution in [0.15, 0.2) is 65.7 Å². The maximum atomic E-state index is 13.7. The Morgan fingerprint density at radius 2 is 1.69 bits per heavy atom. The number of rotatable bonds is 4. The quantitative estimate of drug-likeness (QED) is 0.384. The van der Waals surface area contributed by atoms with E-state index in [4.69, 9.17) is 16.3 Å². The van der Waals surface area contributed by atoms with E-state index in [9.17, 15) is 26.4 Å². The van der Waals surface area contributed by atoms with Gasteiger partial charge in [0, 0.05) is 26.2 Å². The summed E-state index contributed by atoms with van der Waals surface area (Å²) in [5.41, 5.74) is 0.333. The van der Waals surface area contributed by atoms with E-state index in [-0.39, 0.29) is 20.8 Å². The van der Waals surface area contributed by atoms with Crippen LogP contribution in [-0.2, 0) is 14.8 Å². The van der Waals surface area contributed by atoms with Gasteiger partial charge < -0.3 is 15.0 Å². The standard InChI is InChI=1S/C24H19ClF3N3O4S/c25-18-7-8-19-21(22(18)30-11-9-29-10-12-30)20(35-23(32)24(26,27)28)14-31(19)36(33,34)17-6-5-15-3-1-2-4-16(15)13-17/h1-8,13-14,29H,9-12H2. The lowest BCUT2D eigenvalue weighted by Crippen LogP contribution is -2.43. The highest BCUT2D eigenvalue weighted by molar-refractivity contribution is 7.90. The molecule has 1 aliphatic heterocycles. The Bertz CT molecular complexity index is 1600. The highest BCUT2D eigenvalue weighted by Gasteiger charge is 2.42. The zero-order valence-electron chi connectivity index (χ0n) is 18.5. The molecule has 1 aromatic heterocycles. The van der Waals surface area contributed by atoms with E-state index in [1.165, 1.54) is 24.3 Å². The minimum atomic E-state index is -5.28. The van der Waals surface area contributed by atoms with Gasteiger partial charge >= 0.3 is 12.1 Å². The van der Waals surface area contributed by atoms with Crippen molar-refractivity contribution in [2.45, 2.75) is 11.1 Å². The molecule has 1 N–H and O–H groups in total. The first-order valence-electron chi connectivity index (χ1n) is 10.9. The number of nitrogens with one attached hydrogen (secondary N) is 1. The first-order valence-corrected chi connectivity index (χ1v) is 12.7. The minimum absolute atomic E-state index is 0.00589. The third-order valence-corrected chi connectivity index (χ3v) is 7.94. The summed E-state index contributed by atoms with van der Waals surface area (Å²) < 4.78 is 72.2. The van der Waals surface area contributed by atoms with Gasteiger partial charge in [-0.15, -0.1) is 0 Å². The maximum Gasteiger partial charge on any atom is 0.491 e. The number of anilines is 1. The molecule has 188 valence electrons. The van der Waals surface area contributed by atoms with Crippen molar-refractivity contribution in [1.29, 1.82) is 0 Å². The minimum Gasteiger partial charge on any atom is -0.417 e. The second-order valence-electron chi connectivity index (χ2n) is 8.22. The Balaban J connectivity index is 1.74. The number of hydrogen-bond donors (Lipinski definition) is 1. The van der Waals surface area contributed by atoms with Gasteiger partial charge in [-0.05, 0) is 35.0 Å². The van der Waals surface area contributed by atoms with Gasteiger partial charge in [-0.3, -0.25) is 0 Å². The van der Waals surface area contributed by atoms with Crippen molar-refractivity contribution in [3.63, 3.8) is 0 Å². The molecular weight excluding hydrogens is 519 g/mol. The molecule has 3 aromatic carbocycles. The lowest BCUT2D eigenvalue weighted by Gasteiger charge is -2.31. The number of carbonyl (C=O) groups is 1. The van der Waals surface area contributed by atoms with Crippen molar-refractivity contribution >= 4 is 55.0 Å². The first-order chi connectivity index (χ1) is 17.1. The normalized spacial score (nSPS) is 14.9. The van der Waals surface area contributed by atoms with Crippen LogP contribution in [0, 0.1) is 0 Å². The number of aromatic nitrogens is 1. The fourth-order valence-corrected chi connectivity index (χ4v) is 5.96. The Labute approximate surface area is 209 Å². The van der Waals surface area contributed by atoms with E-state index in [2.05, 4.69) is 5.32 Å². The zero-order chi connectivity index (χ0) is 25.7. The molecule has 36 heavy (non-hydrogen) atoms. The Hall–Kier alpha value is -3.28. The SMILES string of the molecule is O=C(Oc1cn(S(=O)(=O)c2ccc3ccccc3c2)c2ccc(Cl)c(N3CCNCC3)c12)C(F)(F)F. The van der Waals surface area contributed by atoms with E-state index in [1.807, 2.05) is 17.0 Å². The molecular formula is C24H19ClF3N3O4S. The third-order valence-electron chi connectivity index (χ3n) is 5.97. The van der Waals surface area contributed by atoms with Crippen LogP contribution >= 0.6 is 11.6 Å². The molecule has 0 bridgehead atoms. The molecule has 1 saturated heterocycles. The molecule has 0 atom stereocenters. The summed E-state index contributed by atoms with van der Waals surface area (Å²) >= 11 is 6.46. The smallest absolute Gasteiger partial charge is 0.417 e. The van der Waals surface area contributed by atoms with E-state index >= 15 is 0 Å². The first kappa shape index (κ1) is 24.4. The number of carbonyl (C=O) groups excluding carboxylic acids is 1. The van der Waals surface area contributed by atoms with Gasteiger partial charge in [-0.2, -0.15) is 13.2 Å². The molecule has 7 nitrogen and oxygen atoms in total. The predicted octanol–water partition coefficient (Wildman–Crippen LogP) is 4.56. The fourth-order valence-electron chi connectivity index (χ4n) is 4.30. The van der Waals surface area contributed by atoms with Gasteiger partial charge in [0.1, 0.15) is 0 Å². The molecule has 0 saturated carbocycles. The van der Waals surface area contributed by atoms with E-state index in [0.29, 0.717) is 37.3 Å². The molecule has 0 aliphatic carbocycles. The molecule has 1 aliphatic rings. The van der Waals surface area contributed by atoms with Crippen LogP contribution < -0.4 is 15.0 Å². The summed E-state index contributed by atoms with van der Waals surface area (Å²) in [6, 6.07) is 14.5. The molecule has 2 heterocycles. The van der Waals surface area contributed by atoms with Crippen LogP contribution in [0.1, 0.15) is 0 Å². The Kier molecular flexibility index (Phi) is 6.09. The molecule has 0 amide bonds. The maximum absolute atomic E-state index is 13.7. The predicted molar refractivity (Wildman–Crippen MR) is 130 cm³/mol. The number of ether oxygens (including phenoxy) is 1. The Morgan fingerprint density at radius 1 is 1.00 bits per heavy atom. The highest BCUT2D eigenvalue weighted by atomic mass is 35.5. The largest absolute Gasteiger partial charge is 0.491 e. The third kappa shape index (κ3) is 4.27. The number of piperazine rings is 1. The van der Waals surface area contributed by atoms with Crippen LogP contribution in [0.2, 0.25) is 5.02 Å². The van der Waals surface area contributed by atoms with Crippen molar-refractivity contribution < 1.29 is 31.1 Å². The van der Waals surface area contributed by atoms with Gasteiger partial charge in [-0.1, -0.05) is 41.9 Å². The molecule has 1 fully saturated rings. The van der Waals surface area contributed by atoms with Crippen molar-refractivity contribution in [3.8, 4) is 5.75 Å². The second-order valence-corrected chi connectivity index (χ2v) is 10.4. The van der Waals surface area contributed by atoms with Crippen LogP contribution in [-0.4, -0.2) is 50.7 Å². The average Bonchev–Trinajstić information content (AvgIpc) is 3.22. The molecule has 5 rings (SSSR count). The number of alkyl halides is 3. The average molecular weight is 538 g/mol. The fraction of sp³-hybridized carbons (Fsp3) is 0.208. The van der Waals surface area contributed by atoms with Gasteiger partial charge in [-0.25, -0.2) is 17.2 Å².